The molecule has 0 spiro atoms. The van der Waals surface area contributed by atoms with Crippen LogP contribution < -0.4 is 14.2 Å². The lowest BCUT2D eigenvalue weighted by atomic mass is 9.96. The van der Waals surface area contributed by atoms with Crippen LogP contribution in [0.4, 0.5) is 0 Å². The highest BCUT2D eigenvalue weighted by molar-refractivity contribution is 7.18. The van der Waals surface area contributed by atoms with Crippen LogP contribution in [0.1, 0.15) is 28.9 Å². The maximum absolute atomic E-state index is 12.2. The summed E-state index contributed by atoms with van der Waals surface area (Å²) in [6.45, 7) is 0.264. The van der Waals surface area contributed by atoms with E-state index in [0.717, 1.165) is 21.7 Å². The van der Waals surface area contributed by atoms with Gasteiger partial charge in [-0.25, -0.2) is 19.3 Å². The number of amides is 1. The van der Waals surface area contributed by atoms with Crippen molar-refractivity contribution in [3.05, 3.63) is 65.3 Å². The molecule has 0 aliphatic carbocycles. The highest BCUT2D eigenvalue weighted by atomic mass is 32.1. The molecule has 52 heavy (non-hydrogen) atoms. The number of hydrogen-bond donors (Lipinski definition) is 4. The number of thiazole rings is 1. The number of carboxylic acids is 3. The van der Waals surface area contributed by atoms with Crippen LogP contribution in [0.25, 0.3) is 38.0 Å². The number of furan rings is 1. The van der Waals surface area contributed by atoms with Crippen LogP contribution in [0, 0.1) is 0 Å². The molecule has 17 nitrogen and oxygen atoms in total. The Labute approximate surface area is 301 Å². The molecule has 0 radical (unpaired) electrons. The molecule has 0 aliphatic rings. The second kappa shape index (κ2) is 15.5. The van der Waals surface area contributed by atoms with Crippen molar-refractivity contribution in [3.63, 3.8) is 0 Å². The number of imidazole rings is 1. The molecule has 6 rings (SSSR count). The fraction of sp³-hybridized carbons (Fsp3) is 0.242. The lowest BCUT2D eigenvalue weighted by Crippen LogP contribution is -2.42. The molecule has 0 atom stereocenters. The first-order valence-corrected chi connectivity index (χ1v) is 16.7. The molecule has 4 aromatic heterocycles. The van der Waals surface area contributed by atoms with Crippen LogP contribution in [-0.4, -0.2) is 103 Å². The number of hydrogen-bond acceptors (Lipinski definition) is 14. The Balaban J connectivity index is 0.000000345. The Morgan fingerprint density at radius 1 is 0.962 bits per heavy atom. The summed E-state index contributed by atoms with van der Waals surface area (Å²) in [6, 6.07) is 13.0. The van der Waals surface area contributed by atoms with Gasteiger partial charge >= 0.3 is 17.9 Å². The Morgan fingerprint density at radius 2 is 1.65 bits per heavy atom. The van der Waals surface area contributed by atoms with E-state index < -0.39 is 36.4 Å². The second-order valence-electron chi connectivity index (χ2n) is 11.3. The molecule has 4 N–H and O–H groups in total. The fourth-order valence-electron chi connectivity index (χ4n) is 4.71. The van der Waals surface area contributed by atoms with E-state index in [1.807, 2.05) is 47.8 Å². The number of aliphatic hydroxyl groups is 1. The summed E-state index contributed by atoms with van der Waals surface area (Å²) in [5, 5.41) is 42.3. The van der Waals surface area contributed by atoms with E-state index in [4.69, 9.17) is 44.0 Å². The molecule has 4 heterocycles. The standard InChI is InChI=1S/C27H23N5O5S2.C6H8O7/c1-31(2)25(33)16-7-5-15(6-8-16)24-28-17(14-38-24)13-36-21-9-18(34-3)10-22-19(21)11-23(37-22)20-12-32-26(29-20)39-27(30-32)35-4;7-3(8)1-6(13,5(11)12)2-4(9)10/h5-12,14H,13H2,1-4H3;13H,1-2H2,(H,7,8)(H,9,10)(H,11,12). The maximum Gasteiger partial charge on any atom is 0.336 e. The summed E-state index contributed by atoms with van der Waals surface area (Å²) < 4.78 is 24.6. The zero-order valence-electron chi connectivity index (χ0n) is 27.9. The van der Waals surface area contributed by atoms with Gasteiger partial charge in [0.2, 0.25) is 4.96 Å². The third kappa shape index (κ3) is 8.45. The van der Waals surface area contributed by atoms with Crippen molar-refractivity contribution in [1.29, 1.82) is 0 Å². The molecule has 0 aliphatic heterocycles. The predicted octanol–water partition coefficient (Wildman–Crippen LogP) is 4.38. The zero-order chi connectivity index (χ0) is 37.7. The summed E-state index contributed by atoms with van der Waals surface area (Å²) in [7, 11) is 6.64. The number of carbonyl (C=O) groups is 4. The summed E-state index contributed by atoms with van der Waals surface area (Å²) in [6.07, 6.45) is -0.493. The molecule has 0 saturated carbocycles. The monoisotopic (exact) mass is 753 g/mol. The Hall–Kier alpha value is -6.05. The maximum atomic E-state index is 12.2. The number of fused-ring (bicyclic) bond motifs is 2. The number of benzene rings is 2. The average Bonchev–Trinajstić information content (AvgIpc) is 3.89. The summed E-state index contributed by atoms with van der Waals surface area (Å²) >= 11 is 2.87. The van der Waals surface area contributed by atoms with Gasteiger partial charge in [0.25, 0.3) is 11.1 Å². The topological polar surface area (TPSA) is 236 Å². The van der Waals surface area contributed by atoms with E-state index in [9.17, 15) is 19.2 Å². The van der Waals surface area contributed by atoms with Gasteiger partial charge in [0.1, 0.15) is 34.4 Å². The molecule has 2 aromatic carbocycles. The molecular formula is C33H31N5O12S2. The molecule has 0 unspecified atom stereocenters. The Morgan fingerprint density at radius 3 is 2.23 bits per heavy atom. The van der Waals surface area contributed by atoms with Crippen molar-refractivity contribution >= 4 is 62.4 Å². The van der Waals surface area contributed by atoms with Gasteiger partial charge in [-0.1, -0.05) is 12.1 Å². The van der Waals surface area contributed by atoms with Gasteiger partial charge in [-0.15, -0.1) is 16.4 Å². The van der Waals surface area contributed by atoms with Gasteiger partial charge in [-0.3, -0.25) is 14.4 Å². The van der Waals surface area contributed by atoms with Crippen LogP contribution in [0.15, 0.2) is 58.5 Å². The quantitative estimate of drug-likeness (QED) is 0.128. The lowest BCUT2D eigenvalue weighted by molar-refractivity contribution is -0.170. The van der Waals surface area contributed by atoms with Gasteiger partial charge in [-0.05, 0) is 29.5 Å². The third-order valence-corrected chi connectivity index (χ3v) is 9.08. The highest BCUT2D eigenvalue weighted by Gasteiger charge is 2.40. The van der Waals surface area contributed by atoms with Gasteiger partial charge < -0.3 is 44.0 Å². The van der Waals surface area contributed by atoms with Crippen molar-refractivity contribution in [2.45, 2.75) is 25.0 Å². The van der Waals surface area contributed by atoms with E-state index in [0.29, 0.717) is 44.3 Å². The molecule has 0 saturated heterocycles. The largest absolute Gasteiger partial charge is 0.496 e. The minimum Gasteiger partial charge on any atom is -0.496 e. The van der Waals surface area contributed by atoms with Gasteiger partial charge in [0, 0.05) is 42.7 Å². The molecular weight excluding hydrogens is 723 g/mol. The number of carboxylic acid groups (broad SMARTS) is 3. The number of methoxy groups -OCH3 is 2. The summed E-state index contributed by atoms with van der Waals surface area (Å²) in [5.41, 5.74) is 0.899. The SMILES string of the molecule is COc1cc(OCc2csc(-c3ccc(C(=O)N(C)C)cc3)n2)c2cc(-c3cn4nc(OC)sc4n3)oc2c1.O=C(O)CC(O)(CC(=O)O)C(=O)O. The van der Waals surface area contributed by atoms with Crippen LogP contribution in [0.5, 0.6) is 16.7 Å². The zero-order valence-corrected chi connectivity index (χ0v) is 29.6. The van der Waals surface area contributed by atoms with Crippen molar-refractivity contribution < 1.29 is 58.2 Å². The number of nitrogens with zero attached hydrogens (tertiary/aromatic N) is 5. The third-order valence-electron chi connectivity index (χ3n) is 7.26. The van der Waals surface area contributed by atoms with Gasteiger partial charge in [0.15, 0.2) is 11.4 Å². The molecule has 1 amide bonds. The first kappa shape index (κ1) is 37.2. The average molecular weight is 754 g/mol. The van der Waals surface area contributed by atoms with E-state index >= 15 is 0 Å². The highest BCUT2D eigenvalue weighted by Crippen LogP contribution is 2.38. The van der Waals surface area contributed by atoms with Gasteiger partial charge in [0.05, 0.1) is 44.3 Å². The van der Waals surface area contributed by atoms with E-state index in [1.165, 1.54) is 22.7 Å². The van der Waals surface area contributed by atoms with Crippen LogP contribution >= 0.6 is 22.7 Å². The summed E-state index contributed by atoms with van der Waals surface area (Å²) in [4.78, 5) is 54.2. The minimum absolute atomic E-state index is 0.0357. The molecule has 272 valence electrons. The fourth-order valence-corrected chi connectivity index (χ4v) is 6.22. The number of ether oxygens (including phenoxy) is 3. The molecule has 6 aromatic rings. The number of aromatic nitrogens is 4. The lowest BCUT2D eigenvalue weighted by Gasteiger charge is -2.18. The number of rotatable bonds is 13. The Bertz CT molecular complexity index is 2210. The second-order valence-corrected chi connectivity index (χ2v) is 13.0. The van der Waals surface area contributed by atoms with Crippen LogP contribution in [-0.2, 0) is 21.0 Å². The van der Waals surface area contributed by atoms with Crippen molar-refractivity contribution in [3.8, 4) is 38.7 Å². The summed E-state index contributed by atoms with van der Waals surface area (Å²) in [5.74, 6) is -3.24. The minimum atomic E-state index is -2.74. The predicted molar refractivity (Wildman–Crippen MR) is 186 cm³/mol. The Kier molecular flexibility index (Phi) is 11.1. The van der Waals surface area contributed by atoms with Gasteiger partial charge in [-0.2, -0.15) is 0 Å². The van der Waals surface area contributed by atoms with Crippen molar-refractivity contribution in [1.82, 2.24) is 24.5 Å². The van der Waals surface area contributed by atoms with E-state index in [1.54, 1.807) is 43.9 Å². The number of aliphatic carboxylic acids is 3. The van der Waals surface area contributed by atoms with Crippen LogP contribution in [0.2, 0.25) is 0 Å². The molecule has 0 bridgehead atoms. The van der Waals surface area contributed by atoms with E-state index in [-0.39, 0.29) is 12.5 Å². The smallest absolute Gasteiger partial charge is 0.336 e. The van der Waals surface area contributed by atoms with Crippen LogP contribution in [0.3, 0.4) is 0 Å². The first-order chi connectivity index (χ1) is 24.7. The first-order valence-electron chi connectivity index (χ1n) is 15.0. The van der Waals surface area contributed by atoms with E-state index in [2.05, 4.69) is 10.1 Å². The normalized spacial score (nSPS) is 11.2. The number of carbonyl (C=O) groups excluding carboxylic acids is 1. The molecule has 19 heteroatoms. The molecule has 0 fully saturated rings. The van der Waals surface area contributed by atoms with Crippen molar-refractivity contribution in [2.24, 2.45) is 0 Å². The van der Waals surface area contributed by atoms with Crippen molar-refractivity contribution in [2.75, 3.05) is 28.3 Å².